The molecule has 21 heavy (non-hydrogen) atoms. The predicted molar refractivity (Wildman–Crippen MR) is 82.8 cm³/mol. The zero-order valence-electron chi connectivity index (χ0n) is 12.7. The average molecular weight is 289 g/mol. The largest absolute Gasteiger partial charge is 0.399 e. The van der Waals surface area contributed by atoms with E-state index in [1.807, 2.05) is 23.6 Å². The molecule has 0 aromatic heterocycles. The number of amides is 2. The van der Waals surface area contributed by atoms with Crippen LogP contribution in [0.5, 0.6) is 0 Å². The Bertz CT molecular complexity index is 528. The van der Waals surface area contributed by atoms with E-state index in [2.05, 4.69) is 0 Å². The van der Waals surface area contributed by atoms with Crippen molar-refractivity contribution in [1.82, 2.24) is 9.80 Å². The Labute approximate surface area is 125 Å². The molecule has 2 rings (SSSR count). The number of nitrogens with zero attached hydrogens (tertiary/aromatic N) is 2. The predicted octanol–water partition coefficient (Wildman–Crippen LogP) is 1.60. The minimum atomic E-state index is -0.0128. The molecule has 1 saturated heterocycles. The summed E-state index contributed by atoms with van der Waals surface area (Å²) < 4.78 is 0. The summed E-state index contributed by atoms with van der Waals surface area (Å²) in [5.41, 5.74) is 6.93. The molecule has 0 atom stereocenters. The van der Waals surface area contributed by atoms with Crippen LogP contribution in [0.1, 0.15) is 30.6 Å². The fourth-order valence-corrected chi connectivity index (χ4v) is 2.56. The van der Waals surface area contributed by atoms with Crippen molar-refractivity contribution in [2.45, 2.75) is 20.3 Å². The molecule has 1 aliphatic heterocycles. The van der Waals surface area contributed by atoms with Crippen molar-refractivity contribution < 1.29 is 9.59 Å². The third kappa shape index (κ3) is 3.74. The van der Waals surface area contributed by atoms with Crippen LogP contribution in [0.4, 0.5) is 5.69 Å². The Morgan fingerprint density at radius 2 is 1.76 bits per heavy atom. The summed E-state index contributed by atoms with van der Waals surface area (Å²) in [5, 5.41) is 0. The minimum absolute atomic E-state index is 0.00109. The van der Waals surface area contributed by atoms with Gasteiger partial charge in [-0.3, -0.25) is 9.59 Å². The summed E-state index contributed by atoms with van der Waals surface area (Å²) in [4.78, 5) is 28.2. The van der Waals surface area contributed by atoms with Crippen molar-refractivity contribution in [3.05, 3.63) is 29.8 Å². The molecule has 5 nitrogen and oxygen atoms in total. The summed E-state index contributed by atoms with van der Waals surface area (Å²) in [6.07, 6.45) is 0.812. The number of carbonyl (C=O) groups excluding carboxylic acids is 2. The average Bonchev–Trinajstić information content (AvgIpc) is 2.71. The van der Waals surface area contributed by atoms with Crippen molar-refractivity contribution in [2.24, 2.45) is 5.92 Å². The molecule has 0 saturated carbocycles. The highest BCUT2D eigenvalue weighted by molar-refractivity contribution is 5.95. The Morgan fingerprint density at radius 3 is 2.43 bits per heavy atom. The van der Waals surface area contributed by atoms with Gasteiger partial charge < -0.3 is 15.5 Å². The monoisotopic (exact) mass is 289 g/mol. The zero-order valence-corrected chi connectivity index (χ0v) is 12.7. The van der Waals surface area contributed by atoms with Gasteiger partial charge in [-0.2, -0.15) is 0 Å². The molecule has 1 heterocycles. The number of hydrogen-bond acceptors (Lipinski definition) is 3. The lowest BCUT2D eigenvalue weighted by atomic mass is 10.1. The van der Waals surface area contributed by atoms with Gasteiger partial charge in [-0.15, -0.1) is 0 Å². The van der Waals surface area contributed by atoms with E-state index in [4.69, 9.17) is 5.73 Å². The first-order valence-corrected chi connectivity index (χ1v) is 7.42. The first kappa shape index (κ1) is 15.4. The first-order valence-electron chi connectivity index (χ1n) is 7.42. The van der Waals surface area contributed by atoms with Crippen molar-refractivity contribution in [3.8, 4) is 0 Å². The van der Waals surface area contributed by atoms with Gasteiger partial charge in [0, 0.05) is 43.3 Å². The molecule has 1 aromatic carbocycles. The molecule has 0 bridgehead atoms. The van der Waals surface area contributed by atoms with E-state index >= 15 is 0 Å². The molecule has 2 amide bonds. The van der Waals surface area contributed by atoms with E-state index in [-0.39, 0.29) is 17.7 Å². The second kappa shape index (κ2) is 6.61. The van der Waals surface area contributed by atoms with Gasteiger partial charge in [0.15, 0.2) is 0 Å². The Morgan fingerprint density at radius 1 is 1.10 bits per heavy atom. The third-order valence-corrected chi connectivity index (χ3v) is 3.72. The Balaban J connectivity index is 2.03. The fourth-order valence-electron chi connectivity index (χ4n) is 2.56. The van der Waals surface area contributed by atoms with Gasteiger partial charge in [-0.25, -0.2) is 0 Å². The van der Waals surface area contributed by atoms with Gasteiger partial charge in [0.2, 0.25) is 5.91 Å². The fraction of sp³-hybridized carbons (Fsp3) is 0.500. The van der Waals surface area contributed by atoms with Gasteiger partial charge in [-0.05, 0) is 24.6 Å². The van der Waals surface area contributed by atoms with Gasteiger partial charge in [-0.1, -0.05) is 19.9 Å². The molecule has 5 heteroatoms. The Kier molecular flexibility index (Phi) is 4.83. The summed E-state index contributed by atoms with van der Waals surface area (Å²) in [7, 11) is 0. The quantitative estimate of drug-likeness (QED) is 0.841. The van der Waals surface area contributed by atoms with Gasteiger partial charge in [0.25, 0.3) is 5.91 Å². The van der Waals surface area contributed by atoms with Gasteiger partial charge in [0.05, 0.1) is 0 Å². The van der Waals surface area contributed by atoms with Crippen LogP contribution in [0.15, 0.2) is 24.3 Å². The summed E-state index contributed by atoms with van der Waals surface area (Å²) in [5.74, 6) is 0.149. The van der Waals surface area contributed by atoms with Gasteiger partial charge >= 0.3 is 0 Å². The normalized spacial score (nSPS) is 16.0. The third-order valence-electron chi connectivity index (χ3n) is 3.72. The summed E-state index contributed by atoms with van der Waals surface area (Å²) in [6, 6.07) is 7.03. The molecule has 1 aromatic rings. The molecule has 2 N–H and O–H groups in total. The van der Waals surface area contributed by atoms with Crippen molar-refractivity contribution in [3.63, 3.8) is 0 Å². The number of hydrogen-bond donors (Lipinski definition) is 1. The van der Waals surface area contributed by atoms with E-state index in [1.165, 1.54) is 0 Å². The highest BCUT2D eigenvalue weighted by atomic mass is 16.2. The number of nitrogen functional groups attached to an aromatic ring is 1. The second-order valence-corrected chi connectivity index (χ2v) is 5.75. The lowest BCUT2D eigenvalue weighted by molar-refractivity contribution is -0.134. The standard InChI is InChI=1S/C16H23N3O2/c1-12(2)15(20)18-7-4-8-19(10-9-18)16(21)13-5-3-6-14(17)11-13/h3,5-6,11-12H,4,7-10,17H2,1-2H3. The van der Waals surface area contributed by atoms with Crippen molar-refractivity contribution >= 4 is 17.5 Å². The number of rotatable bonds is 2. The number of anilines is 1. The van der Waals surface area contributed by atoms with E-state index in [0.717, 1.165) is 13.0 Å². The lowest BCUT2D eigenvalue weighted by Gasteiger charge is -2.23. The van der Waals surface area contributed by atoms with Crippen molar-refractivity contribution in [2.75, 3.05) is 31.9 Å². The number of carbonyl (C=O) groups is 2. The maximum Gasteiger partial charge on any atom is 0.253 e. The minimum Gasteiger partial charge on any atom is -0.399 e. The molecule has 0 radical (unpaired) electrons. The second-order valence-electron chi connectivity index (χ2n) is 5.75. The van der Waals surface area contributed by atoms with E-state index in [0.29, 0.717) is 30.9 Å². The maximum absolute atomic E-state index is 12.5. The molecular weight excluding hydrogens is 266 g/mol. The summed E-state index contributed by atoms with van der Waals surface area (Å²) >= 11 is 0. The molecule has 0 spiro atoms. The highest BCUT2D eigenvalue weighted by Gasteiger charge is 2.23. The molecular formula is C16H23N3O2. The van der Waals surface area contributed by atoms with Crippen LogP contribution in [0.3, 0.4) is 0 Å². The zero-order chi connectivity index (χ0) is 15.4. The van der Waals surface area contributed by atoms with Crippen LogP contribution in [-0.2, 0) is 4.79 Å². The molecule has 114 valence electrons. The van der Waals surface area contributed by atoms with E-state index < -0.39 is 0 Å². The van der Waals surface area contributed by atoms with Crippen LogP contribution in [0.2, 0.25) is 0 Å². The topological polar surface area (TPSA) is 66.6 Å². The molecule has 0 aliphatic carbocycles. The van der Waals surface area contributed by atoms with Gasteiger partial charge in [0.1, 0.15) is 0 Å². The maximum atomic E-state index is 12.5. The first-order chi connectivity index (χ1) is 9.99. The SMILES string of the molecule is CC(C)C(=O)N1CCCN(C(=O)c2cccc(N)c2)CC1. The molecule has 1 fully saturated rings. The summed E-state index contributed by atoms with van der Waals surface area (Å²) in [6.45, 7) is 6.39. The van der Waals surface area contributed by atoms with E-state index in [1.54, 1.807) is 24.3 Å². The van der Waals surface area contributed by atoms with Crippen LogP contribution in [-0.4, -0.2) is 47.8 Å². The van der Waals surface area contributed by atoms with Crippen LogP contribution >= 0.6 is 0 Å². The lowest BCUT2D eigenvalue weighted by Crippen LogP contribution is -2.38. The van der Waals surface area contributed by atoms with Crippen LogP contribution < -0.4 is 5.73 Å². The number of nitrogens with two attached hydrogens (primary N) is 1. The smallest absolute Gasteiger partial charge is 0.253 e. The molecule has 1 aliphatic rings. The highest BCUT2D eigenvalue weighted by Crippen LogP contribution is 2.13. The van der Waals surface area contributed by atoms with Crippen LogP contribution in [0.25, 0.3) is 0 Å². The Hall–Kier alpha value is -2.04. The van der Waals surface area contributed by atoms with Crippen molar-refractivity contribution in [1.29, 1.82) is 0 Å². The van der Waals surface area contributed by atoms with E-state index in [9.17, 15) is 9.59 Å². The van der Waals surface area contributed by atoms with Crippen LogP contribution in [0, 0.1) is 5.92 Å². The number of benzene rings is 1. The molecule has 0 unspecified atom stereocenters.